The van der Waals surface area contributed by atoms with Crippen molar-refractivity contribution >= 4 is 5.78 Å². The van der Waals surface area contributed by atoms with E-state index in [4.69, 9.17) is 0 Å². The average Bonchev–Trinajstić information content (AvgIpc) is 3.01. The lowest BCUT2D eigenvalue weighted by Gasteiger charge is -2.59. The summed E-state index contributed by atoms with van der Waals surface area (Å²) in [6, 6.07) is 0. The lowest BCUT2D eigenvalue weighted by atomic mass is 9.46. The van der Waals surface area contributed by atoms with E-state index in [2.05, 4.69) is 20.8 Å². The average molecular weight is 431 g/mol. The van der Waals surface area contributed by atoms with E-state index in [9.17, 15) is 20.1 Å². The van der Waals surface area contributed by atoms with Gasteiger partial charge in [-0.05, 0) is 87.0 Å². The molecule has 4 heteroatoms. The van der Waals surface area contributed by atoms with Gasteiger partial charge in [0.2, 0.25) is 0 Å². The molecule has 8 atom stereocenters. The maximum atomic E-state index is 12.0. The van der Waals surface area contributed by atoms with Crippen molar-refractivity contribution in [1.82, 2.24) is 0 Å². The summed E-state index contributed by atoms with van der Waals surface area (Å²) in [7, 11) is 0. The van der Waals surface area contributed by atoms with Gasteiger partial charge in [0.15, 0.2) is 5.78 Å². The van der Waals surface area contributed by atoms with E-state index in [-0.39, 0.29) is 29.6 Å². The van der Waals surface area contributed by atoms with Crippen molar-refractivity contribution in [1.29, 1.82) is 0 Å². The fourth-order valence-electron chi connectivity index (χ4n) is 8.33. The minimum atomic E-state index is -1.14. The zero-order valence-corrected chi connectivity index (χ0v) is 19.8. The van der Waals surface area contributed by atoms with E-state index in [1.165, 1.54) is 5.57 Å². The van der Waals surface area contributed by atoms with Gasteiger partial charge < -0.3 is 15.3 Å². The highest BCUT2D eigenvalue weighted by atomic mass is 16.3. The third kappa shape index (κ3) is 3.67. The van der Waals surface area contributed by atoms with Crippen LogP contribution >= 0.6 is 0 Å². The smallest absolute Gasteiger partial charge is 0.155 e. The topological polar surface area (TPSA) is 77.8 Å². The number of aliphatic hydroxyl groups excluding tert-OH is 2. The zero-order valence-electron chi connectivity index (χ0n) is 19.8. The Hall–Kier alpha value is -0.970. The predicted octanol–water partition coefficient (Wildman–Crippen LogP) is 4.43. The van der Waals surface area contributed by atoms with Crippen LogP contribution in [0.3, 0.4) is 0 Å². The maximum Gasteiger partial charge on any atom is 0.155 e. The minimum Gasteiger partial charge on any atom is -0.396 e. The van der Waals surface area contributed by atoms with Crippen molar-refractivity contribution in [3.05, 3.63) is 23.8 Å². The van der Waals surface area contributed by atoms with Gasteiger partial charge in [-0.3, -0.25) is 4.79 Å². The van der Waals surface area contributed by atoms with Crippen LogP contribution in [0.15, 0.2) is 23.8 Å². The van der Waals surface area contributed by atoms with Crippen molar-refractivity contribution in [2.24, 2.45) is 40.4 Å². The van der Waals surface area contributed by atoms with Gasteiger partial charge in [0.1, 0.15) is 0 Å². The molecule has 174 valence electrons. The van der Waals surface area contributed by atoms with Crippen LogP contribution in [-0.2, 0) is 4.79 Å². The summed E-state index contributed by atoms with van der Waals surface area (Å²) >= 11 is 0. The molecule has 0 heterocycles. The Morgan fingerprint density at radius 1 is 1.23 bits per heavy atom. The second kappa shape index (κ2) is 8.11. The van der Waals surface area contributed by atoms with Crippen molar-refractivity contribution in [2.45, 2.75) is 90.8 Å². The second-order valence-electron chi connectivity index (χ2n) is 11.9. The second-order valence-corrected chi connectivity index (χ2v) is 11.9. The Bertz CT molecular complexity index is 765. The number of rotatable bonds is 5. The lowest BCUT2D eigenvalue weighted by molar-refractivity contribution is -0.132. The molecule has 0 aliphatic heterocycles. The van der Waals surface area contributed by atoms with Crippen molar-refractivity contribution < 1.29 is 20.1 Å². The largest absolute Gasteiger partial charge is 0.396 e. The molecule has 31 heavy (non-hydrogen) atoms. The summed E-state index contributed by atoms with van der Waals surface area (Å²) in [5.74, 6) is 1.59. The van der Waals surface area contributed by atoms with Crippen LogP contribution in [-0.4, -0.2) is 39.4 Å². The van der Waals surface area contributed by atoms with Gasteiger partial charge in [-0.15, -0.1) is 0 Å². The summed E-state index contributed by atoms with van der Waals surface area (Å²) in [5, 5.41) is 33.4. The number of allylic oxidation sites excluding steroid dienone is 2. The van der Waals surface area contributed by atoms with Crippen LogP contribution in [0, 0.1) is 40.4 Å². The molecule has 3 saturated carbocycles. The van der Waals surface area contributed by atoms with E-state index in [1.807, 2.05) is 25.2 Å². The summed E-state index contributed by atoms with van der Waals surface area (Å²) in [4.78, 5) is 12.0. The van der Waals surface area contributed by atoms with Gasteiger partial charge in [0, 0.05) is 24.4 Å². The van der Waals surface area contributed by atoms with Gasteiger partial charge in [-0.25, -0.2) is 0 Å². The molecule has 4 aliphatic carbocycles. The first-order chi connectivity index (χ1) is 14.5. The summed E-state index contributed by atoms with van der Waals surface area (Å²) in [6.45, 7) is 8.50. The molecular weight excluding hydrogens is 388 g/mol. The van der Waals surface area contributed by atoms with Gasteiger partial charge in [0.25, 0.3) is 0 Å². The number of hydrogen-bond acceptors (Lipinski definition) is 4. The molecule has 0 bridgehead atoms. The van der Waals surface area contributed by atoms with Gasteiger partial charge in [-0.1, -0.05) is 38.5 Å². The zero-order chi connectivity index (χ0) is 22.6. The predicted molar refractivity (Wildman–Crippen MR) is 122 cm³/mol. The molecule has 1 unspecified atom stereocenters. The van der Waals surface area contributed by atoms with E-state index in [0.29, 0.717) is 30.6 Å². The highest BCUT2D eigenvalue weighted by Gasteiger charge is 2.65. The molecule has 3 N–H and O–H groups in total. The molecule has 0 spiro atoms. The molecule has 0 aromatic heterocycles. The van der Waals surface area contributed by atoms with Crippen molar-refractivity contribution in [3.63, 3.8) is 0 Å². The summed E-state index contributed by atoms with van der Waals surface area (Å²) in [6.07, 6.45) is 12.2. The monoisotopic (exact) mass is 430 g/mol. The van der Waals surface area contributed by atoms with E-state index in [0.717, 1.165) is 38.5 Å². The van der Waals surface area contributed by atoms with Gasteiger partial charge >= 0.3 is 0 Å². The quantitative estimate of drug-likeness (QED) is 0.564. The molecule has 4 aliphatic rings. The first kappa shape index (κ1) is 23.2. The molecule has 0 amide bonds. The molecule has 4 rings (SSSR count). The van der Waals surface area contributed by atoms with Crippen LogP contribution in [0.25, 0.3) is 0 Å². The van der Waals surface area contributed by atoms with Crippen LogP contribution in [0.1, 0.15) is 79.1 Å². The van der Waals surface area contributed by atoms with Crippen LogP contribution in [0.4, 0.5) is 0 Å². The van der Waals surface area contributed by atoms with E-state index in [1.54, 1.807) is 0 Å². The Kier molecular flexibility index (Phi) is 6.07. The number of hydrogen-bond donors (Lipinski definition) is 3. The normalized spacial score (nSPS) is 44.6. The Labute approximate surface area is 187 Å². The van der Waals surface area contributed by atoms with Gasteiger partial charge in [0.05, 0.1) is 11.7 Å². The standard InChI is InChI=1S/C27H42O4/c1-17(2)6-5-11-26(4,31)24-23(30)15-22-20-8-7-18-14-19(29)9-12-25(18,3)21(20)10-13-27(22,24)16-28/h5,11,14,17,20-24,28,30-31H,6-10,12-13,15-16H2,1-4H3/b11-5+/t20-,21+,22+,23+,24-,25+,26?,27-/m1/s1. The van der Waals surface area contributed by atoms with Crippen LogP contribution in [0.5, 0.6) is 0 Å². The van der Waals surface area contributed by atoms with E-state index >= 15 is 0 Å². The molecule has 3 fully saturated rings. The first-order valence-corrected chi connectivity index (χ1v) is 12.5. The number of fused-ring (bicyclic) bond motifs is 5. The van der Waals surface area contributed by atoms with Crippen LogP contribution in [0.2, 0.25) is 0 Å². The third-order valence-electron chi connectivity index (χ3n) is 9.70. The highest BCUT2D eigenvalue weighted by Crippen LogP contribution is 2.67. The molecule has 4 nitrogen and oxygen atoms in total. The minimum absolute atomic E-state index is 0.0225. The lowest BCUT2D eigenvalue weighted by Crippen LogP contribution is -2.56. The Morgan fingerprint density at radius 2 is 1.97 bits per heavy atom. The summed E-state index contributed by atoms with van der Waals surface area (Å²) < 4.78 is 0. The molecular formula is C27H42O4. The highest BCUT2D eigenvalue weighted by molar-refractivity contribution is 5.91. The van der Waals surface area contributed by atoms with Crippen LogP contribution < -0.4 is 0 Å². The van der Waals surface area contributed by atoms with Gasteiger partial charge in [-0.2, -0.15) is 0 Å². The Morgan fingerprint density at radius 3 is 2.65 bits per heavy atom. The number of carbonyl (C=O) groups excluding carboxylic acids is 1. The molecule has 0 aromatic carbocycles. The maximum absolute atomic E-state index is 12.0. The first-order valence-electron chi connectivity index (χ1n) is 12.5. The number of ketones is 1. The fourth-order valence-corrected chi connectivity index (χ4v) is 8.33. The number of carbonyl (C=O) groups is 1. The fraction of sp³-hybridized carbons (Fsp3) is 0.815. The Balaban J connectivity index is 1.65. The van der Waals surface area contributed by atoms with Crippen molar-refractivity contribution in [3.8, 4) is 0 Å². The van der Waals surface area contributed by atoms with Crippen molar-refractivity contribution in [2.75, 3.05) is 6.61 Å². The number of aliphatic hydroxyl groups is 3. The third-order valence-corrected chi connectivity index (χ3v) is 9.70. The molecule has 0 saturated heterocycles. The molecule has 0 aromatic rings. The van der Waals surface area contributed by atoms with E-state index < -0.39 is 17.1 Å². The molecule has 0 radical (unpaired) electrons. The summed E-state index contributed by atoms with van der Waals surface area (Å²) in [5.41, 5.74) is -0.171. The SMILES string of the molecule is CC(C)C/C=C/C(C)(O)[C@H]1[C@@H](O)C[C@H]2[C@@H]3CCC4=CC(=O)CC[C@]4(C)[C@H]3CC[C@]12CO.